The van der Waals surface area contributed by atoms with Crippen molar-refractivity contribution in [3.63, 3.8) is 0 Å². The monoisotopic (exact) mass is 246 g/mol. The van der Waals surface area contributed by atoms with Gasteiger partial charge in [-0.25, -0.2) is 0 Å². The van der Waals surface area contributed by atoms with Crippen molar-refractivity contribution in [2.75, 3.05) is 19.6 Å². The van der Waals surface area contributed by atoms with Crippen molar-refractivity contribution < 1.29 is 0 Å². The van der Waals surface area contributed by atoms with Gasteiger partial charge in [0.1, 0.15) is 0 Å². The van der Waals surface area contributed by atoms with Crippen LogP contribution in [-0.2, 0) is 19.9 Å². The smallest absolute Gasteiger partial charge is 0.250 e. The Bertz CT molecular complexity index is 488. The molecule has 0 unspecified atom stereocenters. The molecule has 0 saturated heterocycles. The maximum absolute atomic E-state index is 11.7. The Morgan fingerprint density at radius 1 is 1.22 bits per heavy atom. The summed E-state index contributed by atoms with van der Waals surface area (Å²) < 4.78 is 1.84. The van der Waals surface area contributed by atoms with Crippen LogP contribution in [0.25, 0.3) is 0 Å². The van der Waals surface area contributed by atoms with Gasteiger partial charge in [-0.3, -0.25) is 4.79 Å². The first-order chi connectivity index (χ1) is 8.74. The van der Waals surface area contributed by atoms with E-state index in [1.807, 2.05) is 17.7 Å². The summed E-state index contributed by atoms with van der Waals surface area (Å²) in [5, 5.41) is 0. The third-order valence-electron chi connectivity index (χ3n) is 4.64. The largest absolute Gasteiger partial charge is 0.315 e. The fraction of sp³-hybridized carbons (Fsp3) is 0.667. The molecule has 98 valence electrons. The fourth-order valence-corrected chi connectivity index (χ4v) is 3.16. The zero-order chi connectivity index (χ0) is 12.5. The molecule has 0 atom stereocenters. The molecule has 3 rings (SSSR count). The minimum absolute atomic E-state index is 0.126. The zero-order valence-electron chi connectivity index (χ0n) is 11.2. The minimum atomic E-state index is 0.126. The lowest BCUT2D eigenvalue weighted by molar-refractivity contribution is 0.183. The second-order valence-corrected chi connectivity index (χ2v) is 5.80. The Hall–Kier alpha value is -1.09. The van der Waals surface area contributed by atoms with E-state index in [2.05, 4.69) is 4.90 Å². The standard InChI is InChI=1S/C15H22N2O/c1-16-14-8-10-17(11-12-3-2-4-12)9-7-13(14)5-6-15(16)18/h5-6,12H,2-4,7-11H2,1H3. The maximum Gasteiger partial charge on any atom is 0.250 e. The fourth-order valence-electron chi connectivity index (χ4n) is 3.16. The molecule has 3 nitrogen and oxygen atoms in total. The molecule has 1 aliphatic carbocycles. The number of rotatable bonds is 2. The van der Waals surface area contributed by atoms with Crippen molar-refractivity contribution in [3.05, 3.63) is 33.7 Å². The predicted octanol–water partition coefficient (Wildman–Crippen LogP) is 1.59. The van der Waals surface area contributed by atoms with Gasteiger partial charge in [-0.2, -0.15) is 0 Å². The first kappa shape index (κ1) is 12.0. The van der Waals surface area contributed by atoms with Crippen molar-refractivity contribution in [1.82, 2.24) is 9.47 Å². The molecule has 1 fully saturated rings. The minimum Gasteiger partial charge on any atom is -0.315 e. The van der Waals surface area contributed by atoms with Crippen molar-refractivity contribution in [2.24, 2.45) is 13.0 Å². The summed E-state index contributed by atoms with van der Waals surface area (Å²) in [6.07, 6.45) is 6.38. The molecular weight excluding hydrogens is 224 g/mol. The number of hydrogen-bond acceptors (Lipinski definition) is 2. The Kier molecular flexibility index (Phi) is 3.25. The van der Waals surface area contributed by atoms with E-state index in [0.717, 1.165) is 31.8 Å². The lowest BCUT2D eigenvalue weighted by atomic mass is 9.85. The Morgan fingerprint density at radius 2 is 2.00 bits per heavy atom. The van der Waals surface area contributed by atoms with E-state index in [-0.39, 0.29) is 5.56 Å². The maximum atomic E-state index is 11.7. The van der Waals surface area contributed by atoms with Crippen molar-refractivity contribution >= 4 is 0 Å². The number of nitrogens with zero attached hydrogens (tertiary/aromatic N) is 2. The van der Waals surface area contributed by atoms with Gasteiger partial charge >= 0.3 is 0 Å². The van der Waals surface area contributed by atoms with Crippen molar-refractivity contribution in [1.29, 1.82) is 0 Å². The molecule has 1 saturated carbocycles. The Morgan fingerprint density at radius 3 is 2.72 bits per heavy atom. The molecule has 0 N–H and O–H groups in total. The number of fused-ring (bicyclic) bond motifs is 1. The van der Waals surface area contributed by atoms with Gasteiger partial charge in [-0.05, 0) is 30.7 Å². The average molecular weight is 246 g/mol. The van der Waals surface area contributed by atoms with Gasteiger partial charge in [0.15, 0.2) is 0 Å². The van der Waals surface area contributed by atoms with Crippen LogP contribution in [0.4, 0.5) is 0 Å². The summed E-state index contributed by atoms with van der Waals surface area (Å²) >= 11 is 0. The van der Waals surface area contributed by atoms with Crippen LogP contribution in [0.5, 0.6) is 0 Å². The lowest BCUT2D eigenvalue weighted by Crippen LogP contribution is -2.34. The molecule has 0 amide bonds. The van der Waals surface area contributed by atoms with Crippen LogP contribution in [0, 0.1) is 5.92 Å². The summed E-state index contributed by atoms with van der Waals surface area (Å²) in [6, 6.07) is 3.74. The quantitative estimate of drug-likeness (QED) is 0.791. The van der Waals surface area contributed by atoms with Gasteiger partial charge in [0.25, 0.3) is 0 Å². The second kappa shape index (κ2) is 4.88. The number of pyridine rings is 1. The van der Waals surface area contributed by atoms with Crippen molar-refractivity contribution in [2.45, 2.75) is 32.1 Å². The third-order valence-corrected chi connectivity index (χ3v) is 4.64. The van der Waals surface area contributed by atoms with Crippen LogP contribution in [0.1, 0.15) is 30.5 Å². The molecule has 2 aliphatic rings. The first-order valence-electron chi connectivity index (χ1n) is 7.14. The highest BCUT2D eigenvalue weighted by Crippen LogP contribution is 2.27. The van der Waals surface area contributed by atoms with Crippen LogP contribution >= 0.6 is 0 Å². The Labute approximate surface area is 108 Å². The van der Waals surface area contributed by atoms with Gasteiger partial charge in [0.05, 0.1) is 0 Å². The SMILES string of the molecule is Cn1c2c(ccc1=O)CCN(CC1CCC1)CC2. The van der Waals surface area contributed by atoms with Gasteiger partial charge in [0.2, 0.25) is 5.56 Å². The second-order valence-electron chi connectivity index (χ2n) is 5.80. The topological polar surface area (TPSA) is 25.2 Å². The Balaban J connectivity index is 1.73. The van der Waals surface area contributed by atoms with E-state index < -0.39 is 0 Å². The molecule has 3 heteroatoms. The molecule has 0 spiro atoms. The molecule has 2 heterocycles. The number of aromatic nitrogens is 1. The summed E-state index contributed by atoms with van der Waals surface area (Å²) in [7, 11) is 1.91. The van der Waals surface area contributed by atoms with Crippen molar-refractivity contribution in [3.8, 4) is 0 Å². The first-order valence-corrected chi connectivity index (χ1v) is 7.14. The normalized spacial score (nSPS) is 21.2. The highest BCUT2D eigenvalue weighted by molar-refractivity contribution is 5.23. The lowest BCUT2D eigenvalue weighted by Gasteiger charge is -2.31. The van der Waals surface area contributed by atoms with E-state index in [0.29, 0.717) is 0 Å². The van der Waals surface area contributed by atoms with E-state index in [9.17, 15) is 4.79 Å². The van der Waals surface area contributed by atoms with Crippen LogP contribution in [0.3, 0.4) is 0 Å². The van der Waals surface area contributed by atoms with Gasteiger partial charge < -0.3 is 9.47 Å². The summed E-state index contributed by atoms with van der Waals surface area (Å²) in [5.41, 5.74) is 2.74. The zero-order valence-corrected chi connectivity index (χ0v) is 11.2. The van der Waals surface area contributed by atoms with Crippen LogP contribution in [0.15, 0.2) is 16.9 Å². The van der Waals surface area contributed by atoms with E-state index in [4.69, 9.17) is 0 Å². The molecule has 1 aromatic heterocycles. The summed E-state index contributed by atoms with van der Waals surface area (Å²) in [5.74, 6) is 0.940. The van der Waals surface area contributed by atoms with Gasteiger partial charge in [-0.1, -0.05) is 12.5 Å². The van der Waals surface area contributed by atoms with Gasteiger partial charge in [-0.15, -0.1) is 0 Å². The molecule has 0 radical (unpaired) electrons. The van der Waals surface area contributed by atoms with Crippen LogP contribution in [-0.4, -0.2) is 29.1 Å². The summed E-state index contributed by atoms with van der Waals surface area (Å²) in [4.78, 5) is 14.3. The molecule has 1 aromatic rings. The molecule has 0 bridgehead atoms. The van der Waals surface area contributed by atoms with Crippen LogP contribution < -0.4 is 5.56 Å². The highest BCUT2D eigenvalue weighted by atomic mass is 16.1. The van der Waals surface area contributed by atoms with Gasteiger partial charge in [0, 0.05) is 44.9 Å². The summed E-state index contributed by atoms with van der Waals surface area (Å²) in [6.45, 7) is 3.53. The predicted molar refractivity (Wildman–Crippen MR) is 72.9 cm³/mol. The van der Waals surface area contributed by atoms with E-state index in [1.165, 1.54) is 37.1 Å². The molecular formula is C15H22N2O. The van der Waals surface area contributed by atoms with E-state index in [1.54, 1.807) is 6.07 Å². The van der Waals surface area contributed by atoms with E-state index >= 15 is 0 Å². The average Bonchev–Trinajstić information content (AvgIpc) is 2.52. The highest BCUT2D eigenvalue weighted by Gasteiger charge is 2.22. The molecule has 0 aromatic carbocycles. The molecule has 1 aliphatic heterocycles. The third kappa shape index (κ3) is 2.24. The number of hydrogen-bond donors (Lipinski definition) is 0. The molecule has 18 heavy (non-hydrogen) atoms. The van der Waals surface area contributed by atoms with Crippen LogP contribution in [0.2, 0.25) is 0 Å².